The molecule has 0 bridgehead atoms. The molecule has 3 rings (SSSR count). The van der Waals surface area contributed by atoms with Crippen molar-refractivity contribution < 1.29 is 22.6 Å². The minimum Gasteiger partial charge on any atom is -0.496 e. The molecule has 0 unspecified atom stereocenters. The first-order valence-corrected chi connectivity index (χ1v) is 9.97. The number of rotatable bonds is 5. The summed E-state index contributed by atoms with van der Waals surface area (Å²) in [5, 5.41) is 1.04. The third kappa shape index (κ3) is 4.35. The molecule has 154 valence electrons. The monoisotopic (exact) mass is 443 g/mol. The zero-order valence-electron chi connectivity index (χ0n) is 16.0. The molecule has 2 aromatic heterocycles. The van der Waals surface area contributed by atoms with Gasteiger partial charge in [0.15, 0.2) is 5.16 Å². The molecular formula is C19H17ClF3N3O2S. The van der Waals surface area contributed by atoms with Crippen molar-refractivity contribution in [2.75, 3.05) is 20.5 Å². The van der Waals surface area contributed by atoms with E-state index in [4.69, 9.17) is 21.1 Å². The summed E-state index contributed by atoms with van der Waals surface area (Å²) in [4.78, 5) is 12.7. The van der Waals surface area contributed by atoms with Gasteiger partial charge in [0, 0.05) is 28.8 Å². The smallest absolute Gasteiger partial charge is 0.394 e. The number of alkyl halides is 3. The van der Waals surface area contributed by atoms with Crippen LogP contribution in [0.4, 0.5) is 13.2 Å². The third-order valence-corrected chi connectivity index (χ3v) is 5.24. The van der Waals surface area contributed by atoms with Gasteiger partial charge in [-0.2, -0.15) is 13.2 Å². The van der Waals surface area contributed by atoms with Gasteiger partial charge in [-0.05, 0) is 19.2 Å². The first-order chi connectivity index (χ1) is 13.7. The Morgan fingerprint density at radius 1 is 1.10 bits per heavy atom. The summed E-state index contributed by atoms with van der Waals surface area (Å²) in [6, 6.07) is 3.24. The molecule has 0 N–H and O–H groups in total. The Morgan fingerprint density at radius 3 is 2.38 bits per heavy atom. The zero-order valence-corrected chi connectivity index (χ0v) is 17.6. The van der Waals surface area contributed by atoms with Crippen LogP contribution in [0.15, 0.2) is 23.5 Å². The van der Waals surface area contributed by atoms with Crippen LogP contribution >= 0.6 is 23.4 Å². The predicted molar refractivity (Wildman–Crippen MR) is 107 cm³/mol. The van der Waals surface area contributed by atoms with Crippen molar-refractivity contribution >= 4 is 34.3 Å². The minimum atomic E-state index is -4.45. The van der Waals surface area contributed by atoms with Gasteiger partial charge in [-0.1, -0.05) is 23.4 Å². The lowest BCUT2D eigenvalue weighted by atomic mass is 10.0. The summed E-state index contributed by atoms with van der Waals surface area (Å²) in [5.74, 6) is 0.812. The molecule has 0 atom stereocenters. The molecule has 0 saturated heterocycles. The van der Waals surface area contributed by atoms with E-state index in [0.717, 1.165) is 0 Å². The molecular weight excluding hydrogens is 427 g/mol. The van der Waals surface area contributed by atoms with Crippen molar-refractivity contribution in [3.8, 4) is 22.8 Å². The number of aromatic nitrogens is 3. The Morgan fingerprint density at radius 2 is 1.79 bits per heavy atom. The van der Waals surface area contributed by atoms with Crippen LogP contribution in [-0.2, 0) is 6.42 Å². The van der Waals surface area contributed by atoms with Gasteiger partial charge in [0.05, 0.1) is 42.6 Å². The van der Waals surface area contributed by atoms with Crippen molar-refractivity contribution in [1.82, 2.24) is 15.0 Å². The highest BCUT2D eigenvalue weighted by molar-refractivity contribution is 7.98. The van der Waals surface area contributed by atoms with E-state index in [2.05, 4.69) is 15.0 Å². The lowest BCUT2D eigenvalue weighted by Gasteiger charge is -2.17. The van der Waals surface area contributed by atoms with Gasteiger partial charge in [-0.3, -0.25) is 4.98 Å². The molecule has 0 aliphatic heterocycles. The number of ether oxygens (including phenoxy) is 2. The number of thioether (sulfide) groups is 1. The van der Waals surface area contributed by atoms with Gasteiger partial charge in [0.25, 0.3) is 0 Å². The quantitative estimate of drug-likeness (QED) is 0.383. The van der Waals surface area contributed by atoms with Crippen LogP contribution in [0.25, 0.3) is 22.2 Å². The predicted octanol–water partition coefficient (Wildman–Crippen LogP) is 5.50. The molecule has 0 fully saturated rings. The average molecular weight is 444 g/mol. The second-order valence-electron chi connectivity index (χ2n) is 6.14. The molecule has 29 heavy (non-hydrogen) atoms. The molecule has 0 aliphatic carbocycles. The highest BCUT2D eigenvalue weighted by atomic mass is 35.5. The lowest BCUT2D eigenvalue weighted by Crippen LogP contribution is -2.14. The second kappa shape index (κ2) is 8.23. The van der Waals surface area contributed by atoms with Crippen LogP contribution in [-0.4, -0.2) is 41.6 Å². The second-order valence-corrected chi connectivity index (χ2v) is 7.29. The number of hydrogen-bond donors (Lipinski definition) is 0. The van der Waals surface area contributed by atoms with Crippen LogP contribution in [0.1, 0.15) is 11.3 Å². The maximum Gasteiger partial charge on any atom is 0.394 e. The zero-order chi connectivity index (χ0) is 21.3. The Balaban J connectivity index is 2.34. The topological polar surface area (TPSA) is 57.1 Å². The fourth-order valence-electron chi connectivity index (χ4n) is 3.00. The van der Waals surface area contributed by atoms with E-state index >= 15 is 0 Å². The highest BCUT2D eigenvalue weighted by Gasteiger charge is 2.31. The van der Waals surface area contributed by atoms with Crippen molar-refractivity contribution in [1.29, 1.82) is 0 Å². The Labute approximate surface area is 174 Å². The molecule has 2 heterocycles. The lowest BCUT2D eigenvalue weighted by molar-refractivity contribution is -0.127. The maximum absolute atomic E-state index is 13.2. The number of pyridine rings is 1. The van der Waals surface area contributed by atoms with E-state index in [1.54, 1.807) is 25.3 Å². The Kier molecular flexibility index (Phi) is 6.09. The van der Waals surface area contributed by atoms with Crippen LogP contribution < -0.4 is 9.47 Å². The van der Waals surface area contributed by atoms with E-state index in [1.165, 1.54) is 32.2 Å². The Hall–Kier alpha value is -2.26. The molecule has 0 spiro atoms. The van der Waals surface area contributed by atoms with E-state index in [9.17, 15) is 13.2 Å². The summed E-state index contributed by atoms with van der Waals surface area (Å²) in [6.45, 7) is 1.75. The van der Waals surface area contributed by atoms with Gasteiger partial charge in [0.2, 0.25) is 0 Å². The fourth-order valence-corrected chi connectivity index (χ4v) is 3.71. The van der Waals surface area contributed by atoms with Crippen LogP contribution in [0.5, 0.6) is 11.5 Å². The van der Waals surface area contributed by atoms with Crippen molar-refractivity contribution in [2.45, 2.75) is 24.7 Å². The van der Waals surface area contributed by atoms with Crippen molar-refractivity contribution in [3.63, 3.8) is 0 Å². The number of methoxy groups -OCH3 is 2. The van der Waals surface area contributed by atoms with E-state index in [-0.39, 0.29) is 21.9 Å². The first-order valence-electron chi connectivity index (χ1n) is 8.37. The first kappa shape index (κ1) is 21.4. The van der Waals surface area contributed by atoms with Gasteiger partial charge in [-0.25, -0.2) is 9.97 Å². The molecule has 0 aliphatic rings. The normalized spacial score (nSPS) is 11.7. The van der Waals surface area contributed by atoms with Gasteiger partial charge in [-0.15, -0.1) is 0 Å². The molecule has 3 aromatic rings. The van der Waals surface area contributed by atoms with Crippen LogP contribution in [0, 0.1) is 6.92 Å². The summed E-state index contributed by atoms with van der Waals surface area (Å²) in [7, 11) is 2.93. The van der Waals surface area contributed by atoms with Gasteiger partial charge in [0.1, 0.15) is 11.5 Å². The molecule has 5 nitrogen and oxygen atoms in total. The number of fused-ring (bicyclic) bond motifs is 1. The van der Waals surface area contributed by atoms with Crippen molar-refractivity contribution in [3.05, 3.63) is 34.6 Å². The summed E-state index contributed by atoms with van der Waals surface area (Å²) in [5.41, 5.74) is 1.29. The largest absolute Gasteiger partial charge is 0.496 e. The SMILES string of the molecule is COc1cc(OC)c(Cl)c(-c2cc3cnc(SC)nc3c(CC(F)(F)F)n2)c1C. The standard InChI is InChI=1S/C19H17ClF3N3O2S/c1-9-13(27-2)6-14(28-3)16(20)15(9)11-5-10-8-24-18(29-4)26-17(10)12(25-11)7-19(21,22)23/h5-6,8H,7H2,1-4H3. The van der Waals surface area contributed by atoms with Gasteiger partial charge >= 0.3 is 6.18 Å². The van der Waals surface area contributed by atoms with Crippen molar-refractivity contribution in [2.24, 2.45) is 0 Å². The number of benzene rings is 1. The fraction of sp³-hybridized carbons (Fsp3) is 0.316. The van der Waals surface area contributed by atoms with Crippen LogP contribution in [0.2, 0.25) is 5.02 Å². The number of hydrogen-bond acceptors (Lipinski definition) is 6. The summed E-state index contributed by atoms with van der Waals surface area (Å²) < 4.78 is 50.3. The Bertz CT molecular complexity index is 1050. The molecule has 1 aromatic carbocycles. The molecule has 0 radical (unpaired) electrons. The molecule has 10 heteroatoms. The maximum atomic E-state index is 13.2. The highest BCUT2D eigenvalue weighted by Crippen LogP contribution is 2.43. The number of halogens is 4. The van der Waals surface area contributed by atoms with Gasteiger partial charge < -0.3 is 9.47 Å². The van der Waals surface area contributed by atoms with Crippen LogP contribution in [0.3, 0.4) is 0 Å². The third-order valence-electron chi connectivity index (χ3n) is 4.30. The minimum absolute atomic E-state index is 0.161. The molecule has 0 saturated carbocycles. The van der Waals surface area contributed by atoms with E-state index in [1.807, 2.05) is 0 Å². The average Bonchev–Trinajstić information content (AvgIpc) is 2.67. The molecule has 0 amide bonds. The van der Waals surface area contributed by atoms with E-state index < -0.39 is 12.6 Å². The summed E-state index contributed by atoms with van der Waals surface area (Å²) in [6.07, 6.45) is -2.44. The van der Waals surface area contributed by atoms with E-state index in [0.29, 0.717) is 33.2 Å². The summed E-state index contributed by atoms with van der Waals surface area (Å²) >= 11 is 7.72. The number of nitrogens with zero attached hydrogens (tertiary/aromatic N) is 3.